The van der Waals surface area contributed by atoms with Crippen molar-refractivity contribution in [1.29, 1.82) is 5.26 Å². The molecule has 1 aliphatic rings. The summed E-state index contributed by atoms with van der Waals surface area (Å²) in [5.41, 5.74) is 4.24. The van der Waals surface area contributed by atoms with Gasteiger partial charge in [0.1, 0.15) is 22.3 Å². The van der Waals surface area contributed by atoms with E-state index in [2.05, 4.69) is 52.0 Å². The molecular formula is C22H22ClN5O. The number of anilines is 1. The monoisotopic (exact) mass is 407 g/mol. The lowest BCUT2D eigenvalue weighted by molar-refractivity contribution is 0.250. The van der Waals surface area contributed by atoms with E-state index in [4.69, 9.17) is 11.6 Å². The molecule has 6 nitrogen and oxygen atoms in total. The van der Waals surface area contributed by atoms with Crippen LogP contribution in [0.2, 0.25) is 5.15 Å². The summed E-state index contributed by atoms with van der Waals surface area (Å²) in [6.45, 7) is 6.10. The molecule has 2 aromatic heterocycles. The Bertz CT molecular complexity index is 1160. The highest BCUT2D eigenvalue weighted by Gasteiger charge is 2.25. The molecule has 0 amide bonds. The first kappa shape index (κ1) is 19.4. The molecule has 0 unspecified atom stereocenters. The number of aromatic nitrogens is 2. The molecule has 0 aliphatic carbocycles. The Kier molecular flexibility index (Phi) is 5.27. The fourth-order valence-electron chi connectivity index (χ4n) is 3.86. The van der Waals surface area contributed by atoms with E-state index in [9.17, 15) is 10.1 Å². The van der Waals surface area contributed by atoms with E-state index in [1.807, 2.05) is 0 Å². The SMILES string of the molecule is Cc1ccc(CN2CCN(c3c(C#N)c(=O)n(C)c4ccc(Cl)nc34)CC2)cc1. The van der Waals surface area contributed by atoms with Gasteiger partial charge < -0.3 is 9.47 Å². The first-order valence-electron chi connectivity index (χ1n) is 9.60. The predicted octanol–water partition coefficient (Wildman–Crippen LogP) is 3.09. The van der Waals surface area contributed by atoms with E-state index in [-0.39, 0.29) is 11.1 Å². The summed E-state index contributed by atoms with van der Waals surface area (Å²) in [4.78, 5) is 21.7. The minimum atomic E-state index is -0.304. The number of hydrogen-bond acceptors (Lipinski definition) is 5. The maximum atomic E-state index is 12.7. The number of aryl methyl sites for hydroxylation is 2. The maximum Gasteiger partial charge on any atom is 0.270 e. The van der Waals surface area contributed by atoms with Crippen LogP contribution in [0.1, 0.15) is 16.7 Å². The number of nitrogens with zero attached hydrogens (tertiary/aromatic N) is 5. The number of hydrogen-bond donors (Lipinski definition) is 0. The number of pyridine rings is 2. The second kappa shape index (κ2) is 7.86. The molecule has 3 aromatic rings. The van der Waals surface area contributed by atoms with Gasteiger partial charge in [-0.05, 0) is 24.6 Å². The second-order valence-electron chi connectivity index (χ2n) is 7.45. The molecule has 0 N–H and O–H groups in total. The lowest BCUT2D eigenvalue weighted by atomic mass is 10.1. The third kappa shape index (κ3) is 3.71. The Morgan fingerprint density at radius 1 is 1.10 bits per heavy atom. The summed E-state index contributed by atoms with van der Waals surface area (Å²) >= 11 is 6.13. The van der Waals surface area contributed by atoms with Crippen LogP contribution in [0.25, 0.3) is 11.0 Å². The smallest absolute Gasteiger partial charge is 0.270 e. The molecule has 4 rings (SSSR count). The zero-order valence-corrected chi connectivity index (χ0v) is 17.3. The largest absolute Gasteiger partial charge is 0.366 e. The van der Waals surface area contributed by atoms with Gasteiger partial charge in [0.05, 0.1) is 11.2 Å². The van der Waals surface area contributed by atoms with Crippen LogP contribution in [0.3, 0.4) is 0 Å². The molecular weight excluding hydrogens is 386 g/mol. The van der Waals surface area contributed by atoms with Gasteiger partial charge in [-0.2, -0.15) is 5.26 Å². The normalized spacial score (nSPS) is 14.9. The molecule has 0 atom stereocenters. The van der Waals surface area contributed by atoms with E-state index in [0.29, 0.717) is 21.9 Å². The lowest BCUT2D eigenvalue weighted by Gasteiger charge is -2.36. The summed E-state index contributed by atoms with van der Waals surface area (Å²) in [5.74, 6) is 0. The van der Waals surface area contributed by atoms with Gasteiger partial charge in [0, 0.05) is 39.8 Å². The van der Waals surface area contributed by atoms with E-state index in [1.54, 1.807) is 19.2 Å². The molecule has 7 heteroatoms. The predicted molar refractivity (Wildman–Crippen MR) is 115 cm³/mol. The zero-order chi connectivity index (χ0) is 20.5. The van der Waals surface area contributed by atoms with Gasteiger partial charge >= 0.3 is 0 Å². The Labute approximate surface area is 174 Å². The van der Waals surface area contributed by atoms with Crippen LogP contribution in [0.5, 0.6) is 0 Å². The highest BCUT2D eigenvalue weighted by Crippen LogP contribution is 2.29. The average molecular weight is 408 g/mol. The Morgan fingerprint density at radius 3 is 2.45 bits per heavy atom. The number of halogens is 1. The molecule has 1 aliphatic heterocycles. The molecule has 1 aromatic carbocycles. The van der Waals surface area contributed by atoms with Crippen molar-refractivity contribution in [1.82, 2.24) is 14.5 Å². The van der Waals surface area contributed by atoms with Crippen molar-refractivity contribution < 1.29 is 0 Å². The van der Waals surface area contributed by atoms with Gasteiger partial charge in [0.2, 0.25) is 0 Å². The van der Waals surface area contributed by atoms with Crippen LogP contribution in [0, 0.1) is 18.3 Å². The second-order valence-corrected chi connectivity index (χ2v) is 7.84. The van der Waals surface area contributed by atoms with E-state index >= 15 is 0 Å². The zero-order valence-electron chi connectivity index (χ0n) is 16.5. The fraction of sp³-hybridized carbons (Fsp3) is 0.318. The summed E-state index contributed by atoms with van der Waals surface area (Å²) < 4.78 is 1.47. The Hall–Kier alpha value is -2.88. The van der Waals surface area contributed by atoms with Crippen LogP contribution >= 0.6 is 11.6 Å². The standard InChI is InChI=1S/C22H22ClN5O/c1-15-3-5-16(6-4-15)14-27-9-11-28(12-10-27)21-17(13-24)22(29)26(2)18-7-8-19(23)25-20(18)21/h3-8H,9-12,14H2,1-2H3. The minimum absolute atomic E-state index is 0.127. The van der Waals surface area contributed by atoms with Crippen LogP contribution in [-0.4, -0.2) is 40.6 Å². The number of nitriles is 1. The molecule has 1 fully saturated rings. The molecule has 3 heterocycles. The van der Waals surface area contributed by atoms with Crippen molar-refractivity contribution in [2.45, 2.75) is 13.5 Å². The number of rotatable bonds is 3. The summed E-state index contributed by atoms with van der Waals surface area (Å²) in [6, 6.07) is 14.1. The summed E-state index contributed by atoms with van der Waals surface area (Å²) in [7, 11) is 1.66. The average Bonchev–Trinajstić information content (AvgIpc) is 2.73. The van der Waals surface area contributed by atoms with Crippen molar-refractivity contribution in [3.8, 4) is 6.07 Å². The molecule has 148 valence electrons. The molecule has 0 bridgehead atoms. The molecule has 29 heavy (non-hydrogen) atoms. The van der Waals surface area contributed by atoms with Crippen LogP contribution in [0.4, 0.5) is 5.69 Å². The van der Waals surface area contributed by atoms with E-state index in [0.717, 1.165) is 32.7 Å². The first-order valence-corrected chi connectivity index (χ1v) is 9.98. The number of piperazine rings is 1. The van der Waals surface area contributed by atoms with Crippen LogP contribution in [-0.2, 0) is 13.6 Å². The summed E-state index contributed by atoms with van der Waals surface area (Å²) in [6.07, 6.45) is 0. The molecule has 0 radical (unpaired) electrons. The van der Waals surface area contributed by atoms with Crippen molar-refractivity contribution in [3.05, 3.63) is 68.6 Å². The van der Waals surface area contributed by atoms with Gasteiger partial charge in [-0.1, -0.05) is 41.4 Å². The van der Waals surface area contributed by atoms with Crippen molar-refractivity contribution >= 4 is 28.3 Å². The van der Waals surface area contributed by atoms with E-state index in [1.165, 1.54) is 15.7 Å². The number of benzene rings is 1. The topological polar surface area (TPSA) is 65.2 Å². The molecule has 1 saturated heterocycles. The van der Waals surface area contributed by atoms with Crippen LogP contribution in [0.15, 0.2) is 41.2 Å². The highest BCUT2D eigenvalue weighted by molar-refractivity contribution is 6.29. The van der Waals surface area contributed by atoms with Crippen molar-refractivity contribution in [2.75, 3.05) is 31.1 Å². The Morgan fingerprint density at radius 2 is 1.79 bits per heavy atom. The third-order valence-corrected chi connectivity index (χ3v) is 5.72. The highest BCUT2D eigenvalue weighted by atomic mass is 35.5. The van der Waals surface area contributed by atoms with Gasteiger partial charge in [-0.25, -0.2) is 4.98 Å². The fourth-order valence-corrected chi connectivity index (χ4v) is 4.01. The van der Waals surface area contributed by atoms with Gasteiger partial charge in [-0.15, -0.1) is 0 Å². The van der Waals surface area contributed by atoms with Gasteiger partial charge in [-0.3, -0.25) is 9.69 Å². The quantitative estimate of drug-likeness (QED) is 0.624. The van der Waals surface area contributed by atoms with Gasteiger partial charge in [0.15, 0.2) is 0 Å². The lowest BCUT2D eigenvalue weighted by Crippen LogP contribution is -2.47. The summed E-state index contributed by atoms with van der Waals surface area (Å²) in [5, 5.41) is 10.0. The van der Waals surface area contributed by atoms with Crippen molar-refractivity contribution in [3.63, 3.8) is 0 Å². The first-order chi connectivity index (χ1) is 14.0. The van der Waals surface area contributed by atoms with Crippen molar-refractivity contribution in [2.24, 2.45) is 7.05 Å². The Balaban J connectivity index is 1.63. The van der Waals surface area contributed by atoms with Gasteiger partial charge in [0.25, 0.3) is 5.56 Å². The minimum Gasteiger partial charge on any atom is -0.366 e. The number of fused-ring (bicyclic) bond motifs is 1. The van der Waals surface area contributed by atoms with E-state index < -0.39 is 0 Å². The third-order valence-electron chi connectivity index (χ3n) is 5.51. The molecule has 0 saturated carbocycles. The molecule has 0 spiro atoms. The van der Waals surface area contributed by atoms with Crippen LogP contribution < -0.4 is 10.5 Å². The maximum absolute atomic E-state index is 12.7.